The van der Waals surface area contributed by atoms with Gasteiger partial charge in [0.05, 0.1) is 36.2 Å². The van der Waals surface area contributed by atoms with Gasteiger partial charge in [0.2, 0.25) is 5.91 Å². The van der Waals surface area contributed by atoms with Gasteiger partial charge in [-0.2, -0.15) is 0 Å². The van der Waals surface area contributed by atoms with Crippen LogP contribution in [0.25, 0.3) is 0 Å². The first-order valence-corrected chi connectivity index (χ1v) is 11.6. The molecule has 32 heavy (non-hydrogen) atoms. The van der Waals surface area contributed by atoms with E-state index in [0.29, 0.717) is 20.1 Å². The van der Waals surface area contributed by atoms with Gasteiger partial charge in [0.1, 0.15) is 17.2 Å². The summed E-state index contributed by atoms with van der Waals surface area (Å²) in [5.74, 6) is 1.74. The molecule has 0 atom stereocenters. The Bertz CT molecular complexity index is 1190. The molecule has 0 N–H and O–H groups in total. The summed E-state index contributed by atoms with van der Waals surface area (Å²) in [5, 5.41) is 0.849. The molecule has 0 saturated heterocycles. The summed E-state index contributed by atoms with van der Waals surface area (Å²) < 4.78 is 10.9. The second-order valence-corrected chi connectivity index (χ2v) is 9.59. The summed E-state index contributed by atoms with van der Waals surface area (Å²) in [6.45, 7) is 0.0926. The van der Waals surface area contributed by atoms with Crippen molar-refractivity contribution in [2.75, 3.05) is 18.6 Å². The number of amides is 1. The quantitative estimate of drug-likeness (QED) is 0.296. The number of anilines is 1. The van der Waals surface area contributed by atoms with E-state index in [1.807, 2.05) is 0 Å². The number of esters is 1. The Morgan fingerprint density at radius 2 is 1.91 bits per heavy atom. The second-order valence-electron chi connectivity index (χ2n) is 6.06. The van der Waals surface area contributed by atoms with Crippen molar-refractivity contribution < 1.29 is 19.1 Å². The maximum absolute atomic E-state index is 13.1. The van der Waals surface area contributed by atoms with Gasteiger partial charge in [0.15, 0.2) is 9.60 Å². The van der Waals surface area contributed by atoms with Crippen LogP contribution >= 0.6 is 57.5 Å². The van der Waals surface area contributed by atoms with Gasteiger partial charge in [0, 0.05) is 16.8 Å². The number of ether oxygens (including phenoxy) is 2. The van der Waals surface area contributed by atoms with Gasteiger partial charge < -0.3 is 9.47 Å². The Balaban J connectivity index is 1.86. The van der Waals surface area contributed by atoms with E-state index in [2.05, 4.69) is 20.6 Å². The molecule has 0 unspecified atom stereocenters. The van der Waals surface area contributed by atoms with Crippen molar-refractivity contribution in [3.8, 4) is 18.1 Å². The zero-order valence-electron chi connectivity index (χ0n) is 16.4. The van der Waals surface area contributed by atoms with Gasteiger partial charge in [-0.1, -0.05) is 52.1 Å². The predicted molar refractivity (Wildman–Crippen MR) is 126 cm³/mol. The van der Waals surface area contributed by atoms with E-state index < -0.39 is 11.9 Å². The number of aromatic nitrogens is 2. The number of halogens is 3. The Morgan fingerprint density at radius 3 is 2.56 bits per heavy atom. The van der Waals surface area contributed by atoms with Crippen LogP contribution in [-0.4, -0.2) is 35.5 Å². The highest BCUT2D eigenvalue weighted by Gasteiger charge is 2.24. The highest BCUT2D eigenvalue weighted by Crippen LogP contribution is 2.36. The summed E-state index contributed by atoms with van der Waals surface area (Å²) >= 11 is 20.8. The third kappa shape index (κ3) is 5.71. The number of benzene rings is 1. The molecule has 0 spiro atoms. The Hall–Kier alpha value is -2.35. The van der Waals surface area contributed by atoms with Crippen LogP contribution in [0.4, 0.5) is 5.13 Å². The lowest BCUT2D eigenvalue weighted by molar-refractivity contribution is -0.117. The molecule has 0 aliphatic carbocycles. The molecule has 166 valence electrons. The minimum atomic E-state index is -0.557. The molecule has 0 saturated carbocycles. The number of terminal acetylenes is 1. The van der Waals surface area contributed by atoms with Crippen LogP contribution in [0, 0.1) is 12.3 Å². The van der Waals surface area contributed by atoms with Crippen LogP contribution in [0.1, 0.15) is 20.1 Å². The van der Waals surface area contributed by atoms with Crippen LogP contribution in [0.5, 0.6) is 5.75 Å². The van der Waals surface area contributed by atoms with Gasteiger partial charge in [-0.15, -0.1) is 17.8 Å². The average molecular weight is 531 g/mol. The molecule has 2 heterocycles. The van der Waals surface area contributed by atoms with Crippen molar-refractivity contribution in [3.05, 3.63) is 54.4 Å². The zero-order chi connectivity index (χ0) is 23.3. The van der Waals surface area contributed by atoms with Crippen molar-refractivity contribution in [2.45, 2.75) is 13.0 Å². The van der Waals surface area contributed by atoms with Gasteiger partial charge in [-0.3, -0.25) is 9.69 Å². The summed E-state index contributed by atoms with van der Waals surface area (Å²) in [6.07, 6.45) is 8.20. The van der Waals surface area contributed by atoms with Crippen LogP contribution in [-0.2, 0) is 22.6 Å². The number of rotatable bonds is 8. The molecule has 0 aliphatic rings. The largest absolute Gasteiger partial charge is 0.486 e. The summed E-state index contributed by atoms with van der Waals surface area (Å²) in [5.41, 5.74) is 0.395. The average Bonchev–Trinajstić information content (AvgIpc) is 3.42. The maximum atomic E-state index is 13.1. The lowest BCUT2D eigenvalue weighted by atomic mass is 10.1. The molecule has 3 rings (SSSR count). The molecule has 1 amide bonds. The van der Waals surface area contributed by atoms with Gasteiger partial charge in [-0.25, -0.2) is 14.8 Å². The van der Waals surface area contributed by atoms with E-state index in [0.717, 1.165) is 16.2 Å². The second kappa shape index (κ2) is 11.0. The molecular weight excluding hydrogens is 517 g/mol. The molecule has 2 aromatic heterocycles. The lowest BCUT2D eigenvalue weighted by Crippen LogP contribution is -2.32. The van der Waals surface area contributed by atoms with Crippen LogP contribution in [0.3, 0.4) is 0 Å². The minimum absolute atomic E-state index is 0.0549. The third-order valence-corrected chi connectivity index (χ3v) is 6.77. The van der Waals surface area contributed by atoms with Crippen molar-refractivity contribution in [1.82, 2.24) is 9.97 Å². The Morgan fingerprint density at radius 1 is 1.16 bits per heavy atom. The molecule has 0 fully saturated rings. The predicted octanol–water partition coefficient (Wildman–Crippen LogP) is 5.13. The fourth-order valence-corrected chi connectivity index (χ4v) is 4.76. The van der Waals surface area contributed by atoms with Crippen molar-refractivity contribution in [1.29, 1.82) is 0 Å². The molecule has 0 aliphatic heterocycles. The maximum Gasteiger partial charge on any atom is 0.349 e. The lowest BCUT2D eigenvalue weighted by Gasteiger charge is -2.19. The van der Waals surface area contributed by atoms with Crippen molar-refractivity contribution in [2.24, 2.45) is 0 Å². The first-order chi connectivity index (χ1) is 15.3. The number of carbonyl (C=O) groups is 2. The molecule has 12 heteroatoms. The van der Waals surface area contributed by atoms with E-state index in [9.17, 15) is 9.59 Å². The van der Waals surface area contributed by atoms with E-state index in [1.165, 1.54) is 29.5 Å². The van der Waals surface area contributed by atoms with Gasteiger partial charge in [-0.05, 0) is 12.1 Å². The minimum Gasteiger partial charge on any atom is -0.486 e. The number of carbonyl (C=O) groups excluding carboxylic acids is 2. The van der Waals surface area contributed by atoms with E-state index in [1.54, 1.807) is 18.3 Å². The standard InChI is InChI=1S/C20H14Cl3N3O4S2/c1-3-6-26(20-25-9-15(32-20)18(28)29-2)16(27)7-12-13(21)4-5-14(22)17(12)30-10-11-8-24-19(23)31-11/h1,4-5,8-9H,6-7,10H2,2H3. The van der Waals surface area contributed by atoms with Crippen molar-refractivity contribution >= 4 is 74.5 Å². The molecule has 0 bridgehead atoms. The summed E-state index contributed by atoms with van der Waals surface area (Å²) in [6, 6.07) is 3.16. The topological polar surface area (TPSA) is 81.6 Å². The number of hydrogen-bond donors (Lipinski definition) is 0. The fourth-order valence-electron chi connectivity index (χ4n) is 2.57. The van der Waals surface area contributed by atoms with Crippen molar-refractivity contribution in [3.63, 3.8) is 0 Å². The van der Waals surface area contributed by atoms with Crippen LogP contribution < -0.4 is 9.64 Å². The highest BCUT2D eigenvalue weighted by molar-refractivity contribution is 7.17. The highest BCUT2D eigenvalue weighted by atomic mass is 35.5. The van der Waals surface area contributed by atoms with E-state index >= 15 is 0 Å². The summed E-state index contributed by atoms with van der Waals surface area (Å²) in [4.78, 5) is 35.3. The van der Waals surface area contributed by atoms with E-state index in [-0.39, 0.29) is 35.3 Å². The molecule has 7 nitrogen and oxygen atoms in total. The number of hydrogen-bond acceptors (Lipinski definition) is 8. The zero-order valence-corrected chi connectivity index (χ0v) is 20.3. The van der Waals surface area contributed by atoms with Crippen LogP contribution in [0.2, 0.25) is 14.5 Å². The van der Waals surface area contributed by atoms with Crippen LogP contribution in [0.15, 0.2) is 24.5 Å². The number of methoxy groups -OCH3 is 1. The Labute approximate surface area is 206 Å². The fraction of sp³-hybridized carbons (Fsp3) is 0.200. The van der Waals surface area contributed by atoms with Gasteiger partial charge >= 0.3 is 5.97 Å². The molecular formula is C20H14Cl3N3O4S2. The molecule has 0 radical (unpaired) electrons. The molecule has 3 aromatic rings. The normalized spacial score (nSPS) is 10.5. The first kappa shape index (κ1) is 24.3. The number of nitrogens with zero attached hydrogens (tertiary/aromatic N) is 3. The Kier molecular flexibility index (Phi) is 8.34. The molecule has 1 aromatic carbocycles. The third-order valence-electron chi connectivity index (χ3n) is 4.03. The van der Waals surface area contributed by atoms with E-state index in [4.69, 9.17) is 46.0 Å². The summed E-state index contributed by atoms with van der Waals surface area (Å²) in [7, 11) is 1.26. The smallest absolute Gasteiger partial charge is 0.349 e. The first-order valence-electron chi connectivity index (χ1n) is 8.81. The number of thiazole rings is 2. The SMILES string of the molecule is C#CCN(C(=O)Cc1c(Cl)ccc(Cl)c1OCc1cnc(Cl)s1)c1ncc(C(=O)OC)s1. The van der Waals surface area contributed by atoms with Gasteiger partial charge in [0.25, 0.3) is 0 Å². The monoisotopic (exact) mass is 529 g/mol.